The Hall–Kier alpha value is -2.47. The number of carbonyl (C=O) groups is 1. The van der Waals surface area contributed by atoms with E-state index in [4.69, 9.17) is 23.2 Å². The van der Waals surface area contributed by atoms with Crippen LogP contribution in [0.3, 0.4) is 0 Å². The van der Waals surface area contributed by atoms with Gasteiger partial charge in [0.15, 0.2) is 5.82 Å². The van der Waals surface area contributed by atoms with Crippen molar-refractivity contribution < 1.29 is 9.90 Å². The Morgan fingerprint density at radius 1 is 1.00 bits per heavy atom. The number of hydrogen-bond donors (Lipinski definition) is 2. The molecule has 0 bridgehead atoms. The van der Waals surface area contributed by atoms with Crippen LogP contribution < -0.4 is 5.32 Å². The second-order valence-electron chi connectivity index (χ2n) is 6.03. The third-order valence-corrected chi connectivity index (χ3v) is 4.36. The van der Waals surface area contributed by atoms with Gasteiger partial charge in [0.2, 0.25) is 0 Å². The number of benzene rings is 2. The van der Waals surface area contributed by atoms with Gasteiger partial charge in [-0.3, -0.25) is 4.79 Å². The summed E-state index contributed by atoms with van der Waals surface area (Å²) in [6, 6.07) is 15.5. The second kappa shape index (κ2) is 8.48. The first-order valence-electron chi connectivity index (χ1n) is 8.29. The largest absolute Gasteiger partial charge is 0.394 e. The summed E-state index contributed by atoms with van der Waals surface area (Å²) < 4.78 is 0. The monoisotopic (exact) mass is 401 g/mol. The number of aliphatic hydroxyl groups excluding tert-OH is 1. The highest BCUT2D eigenvalue weighted by Gasteiger charge is 2.16. The van der Waals surface area contributed by atoms with Crippen LogP contribution in [0.1, 0.15) is 17.4 Å². The normalized spacial score (nSPS) is 11.9. The van der Waals surface area contributed by atoms with Crippen LogP contribution >= 0.6 is 23.2 Å². The summed E-state index contributed by atoms with van der Waals surface area (Å²) in [5, 5.41) is 13.1. The number of nitrogens with zero attached hydrogens (tertiary/aromatic N) is 2. The fourth-order valence-electron chi connectivity index (χ4n) is 2.40. The topological polar surface area (TPSA) is 75.1 Å². The van der Waals surface area contributed by atoms with Gasteiger partial charge in [-0.05, 0) is 49.4 Å². The molecular weight excluding hydrogens is 385 g/mol. The summed E-state index contributed by atoms with van der Waals surface area (Å²) in [5.41, 5.74) is 2.34. The van der Waals surface area contributed by atoms with E-state index in [9.17, 15) is 9.90 Å². The molecule has 2 N–H and O–H groups in total. The van der Waals surface area contributed by atoms with Crippen LogP contribution in [0.4, 0.5) is 0 Å². The van der Waals surface area contributed by atoms with Gasteiger partial charge in [-0.1, -0.05) is 35.3 Å². The van der Waals surface area contributed by atoms with Crippen molar-refractivity contribution in [3.8, 4) is 22.6 Å². The van der Waals surface area contributed by atoms with Crippen LogP contribution in [0.5, 0.6) is 0 Å². The third kappa shape index (κ3) is 4.83. The van der Waals surface area contributed by atoms with E-state index in [2.05, 4.69) is 15.3 Å². The van der Waals surface area contributed by atoms with E-state index in [0.29, 0.717) is 21.6 Å². The summed E-state index contributed by atoms with van der Waals surface area (Å²) in [4.78, 5) is 21.5. The Morgan fingerprint density at radius 3 is 2.11 bits per heavy atom. The minimum Gasteiger partial charge on any atom is -0.394 e. The van der Waals surface area contributed by atoms with Gasteiger partial charge in [0, 0.05) is 27.2 Å². The van der Waals surface area contributed by atoms with Crippen molar-refractivity contribution in [2.45, 2.75) is 13.0 Å². The first-order valence-corrected chi connectivity index (χ1v) is 9.04. The maximum absolute atomic E-state index is 12.5. The average molecular weight is 402 g/mol. The van der Waals surface area contributed by atoms with E-state index in [1.165, 1.54) is 0 Å². The molecule has 0 saturated heterocycles. The van der Waals surface area contributed by atoms with Gasteiger partial charge >= 0.3 is 0 Å². The van der Waals surface area contributed by atoms with E-state index >= 15 is 0 Å². The lowest BCUT2D eigenvalue weighted by Crippen LogP contribution is -2.35. The molecule has 1 aromatic heterocycles. The Bertz CT molecular complexity index is 881. The fraction of sp³-hybridized carbons (Fsp3) is 0.150. The minimum absolute atomic E-state index is 0.162. The molecule has 0 spiro atoms. The summed E-state index contributed by atoms with van der Waals surface area (Å²) in [7, 11) is 0. The van der Waals surface area contributed by atoms with Crippen molar-refractivity contribution in [1.82, 2.24) is 15.3 Å². The van der Waals surface area contributed by atoms with Gasteiger partial charge in [-0.2, -0.15) is 0 Å². The Labute approximate surface area is 167 Å². The Kier molecular flexibility index (Phi) is 6.06. The summed E-state index contributed by atoms with van der Waals surface area (Å²) in [6.45, 7) is 1.55. The highest BCUT2D eigenvalue weighted by Crippen LogP contribution is 2.25. The van der Waals surface area contributed by atoms with Gasteiger partial charge in [-0.25, -0.2) is 9.97 Å². The molecule has 0 aliphatic rings. The van der Waals surface area contributed by atoms with Gasteiger partial charge in [0.05, 0.1) is 12.3 Å². The smallest absolute Gasteiger partial charge is 0.270 e. The van der Waals surface area contributed by atoms with Gasteiger partial charge < -0.3 is 10.4 Å². The maximum Gasteiger partial charge on any atom is 0.270 e. The van der Waals surface area contributed by atoms with E-state index in [0.717, 1.165) is 11.1 Å². The molecule has 1 heterocycles. The number of rotatable bonds is 5. The number of aromatic nitrogens is 2. The molecule has 7 heteroatoms. The van der Waals surface area contributed by atoms with Crippen molar-refractivity contribution >= 4 is 29.1 Å². The zero-order valence-electron chi connectivity index (χ0n) is 14.5. The molecule has 2 aromatic carbocycles. The van der Waals surface area contributed by atoms with E-state index in [1.54, 1.807) is 49.4 Å². The van der Waals surface area contributed by atoms with Gasteiger partial charge in [-0.15, -0.1) is 0 Å². The number of hydrogen-bond acceptors (Lipinski definition) is 4. The van der Waals surface area contributed by atoms with Crippen molar-refractivity contribution in [3.05, 3.63) is 70.3 Å². The van der Waals surface area contributed by atoms with E-state index < -0.39 is 0 Å². The lowest BCUT2D eigenvalue weighted by Gasteiger charge is -2.12. The maximum atomic E-state index is 12.5. The molecule has 0 aliphatic heterocycles. The first kappa shape index (κ1) is 19.3. The van der Waals surface area contributed by atoms with Crippen molar-refractivity contribution in [2.24, 2.45) is 0 Å². The van der Waals surface area contributed by atoms with Crippen molar-refractivity contribution in [3.63, 3.8) is 0 Å². The molecule has 0 radical (unpaired) electrons. The summed E-state index contributed by atoms with van der Waals surface area (Å²) >= 11 is 11.9. The lowest BCUT2D eigenvalue weighted by molar-refractivity contribution is 0.0917. The third-order valence-electron chi connectivity index (χ3n) is 3.85. The molecule has 5 nitrogen and oxygen atoms in total. The molecule has 0 saturated carbocycles. The molecular formula is C20H17Cl2N3O2. The molecule has 0 unspecified atom stereocenters. The number of halogens is 2. The highest BCUT2D eigenvalue weighted by molar-refractivity contribution is 6.30. The Morgan fingerprint density at radius 2 is 1.56 bits per heavy atom. The van der Waals surface area contributed by atoms with E-state index in [-0.39, 0.29) is 24.2 Å². The zero-order chi connectivity index (χ0) is 19.4. The fourth-order valence-corrected chi connectivity index (χ4v) is 2.66. The van der Waals surface area contributed by atoms with Crippen LogP contribution in [0.15, 0.2) is 54.6 Å². The van der Waals surface area contributed by atoms with Crippen molar-refractivity contribution in [1.29, 1.82) is 0 Å². The summed E-state index contributed by atoms with van der Waals surface area (Å²) in [5.74, 6) is 0.0188. The molecule has 138 valence electrons. The molecule has 1 atom stereocenters. The SMILES string of the molecule is C[C@@H](CO)NC(=O)c1cc(-c2ccc(Cl)cc2)nc(-c2ccc(Cl)cc2)n1. The first-order chi connectivity index (χ1) is 13.0. The highest BCUT2D eigenvalue weighted by atomic mass is 35.5. The summed E-state index contributed by atoms with van der Waals surface area (Å²) in [6.07, 6.45) is 0. The number of aliphatic hydroxyl groups is 1. The quantitative estimate of drug-likeness (QED) is 0.670. The molecule has 3 aromatic rings. The molecule has 3 rings (SSSR count). The Balaban J connectivity index is 2.08. The number of nitrogens with one attached hydrogen (secondary N) is 1. The van der Waals surface area contributed by atoms with Crippen LogP contribution in [0, 0.1) is 0 Å². The predicted molar refractivity (Wildman–Crippen MR) is 107 cm³/mol. The number of carbonyl (C=O) groups excluding carboxylic acids is 1. The molecule has 1 amide bonds. The van der Waals surface area contributed by atoms with Crippen LogP contribution in [0.25, 0.3) is 22.6 Å². The second-order valence-corrected chi connectivity index (χ2v) is 6.91. The minimum atomic E-state index is -0.385. The van der Waals surface area contributed by atoms with Gasteiger partial charge in [0.1, 0.15) is 5.69 Å². The zero-order valence-corrected chi connectivity index (χ0v) is 16.0. The average Bonchev–Trinajstić information content (AvgIpc) is 2.68. The van der Waals surface area contributed by atoms with Crippen LogP contribution in [-0.2, 0) is 0 Å². The number of amides is 1. The standard InChI is InChI=1S/C20H17Cl2N3O2/c1-12(11-26)23-20(27)18-10-17(13-2-6-15(21)7-3-13)24-19(25-18)14-4-8-16(22)9-5-14/h2-10,12,26H,11H2,1H3,(H,23,27)/t12-/m0/s1. The van der Waals surface area contributed by atoms with Gasteiger partial charge in [0.25, 0.3) is 5.91 Å². The van der Waals surface area contributed by atoms with Crippen molar-refractivity contribution in [2.75, 3.05) is 6.61 Å². The van der Waals surface area contributed by atoms with E-state index in [1.807, 2.05) is 12.1 Å². The predicted octanol–water partition coefficient (Wildman–Crippen LogP) is 4.23. The molecule has 0 aliphatic carbocycles. The van der Waals surface area contributed by atoms with Crippen LogP contribution in [-0.4, -0.2) is 33.6 Å². The lowest BCUT2D eigenvalue weighted by atomic mass is 10.1. The molecule has 27 heavy (non-hydrogen) atoms. The van der Waals surface area contributed by atoms with Crippen LogP contribution in [0.2, 0.25) is 10.0 Å². The molecule has 0 fully saturated rings.